The van der Waals surface area contributed by atoms with E-state index in [9.17, 15) is 19.8 Å². The summed E-state index contributed by atoms with van der Waals surface area (Å²) in [6.45, 7) is 11.2. The molecule has 0 heterocycles. The third-order valence-corrected chi connectivity index (χ3v) is 6.33. The van der Waals surface area contributed by atoms with Crippen LogP contribution in [-0.4, -0.2) is 81.2 Å². The lowest BCUT2D eigenvalue weighted by Crippen LogP contribution is -2.35. The largest absolute Gasteiger partial charge is 0.444 e. The predicted molar refractivity (Wildman–Crippen MR) is 135 cm³/mol. The first-order valence-electron chi connectivity index (χ1n) is 10.6. The second kappa shape index (κ2) is 16.4. The fraction of sp³-hybridized carbons (Fsp3) is 0.900. The summed E-state index contributed by atoms with van der Waals surface area (Å²) in [6.07, 6.45) is -2.04. The van der Waals surface area contributed by atoms with Crippen LogP contribution in [0.25, 0.3) is 0 Å². The van der Waals surface area contributed by atoms with Crippen LogP contribution in [-0.2, 0) is 13.1 Å². The number of hydrogen-bond acceptors (Lipinski definition) is 9. The van der Waals surface area contributed by atoms with Crippen LogP contribution in [0.4, 0.5) is 9.59 Å². The number of carbonyl (C=O) groups is 2. The molecular weight excluding hydrogens is 515 g/mol. The summed E-state index contributed by atoms with van der Waals surface area (Å²) in [7, 11) is 0. The lowest BCUT2D eigenvalue weighted by Gasteiger charge is -2.21. The van der Waals surface area contributed by atoms with Gasteiger partial charge in [0.05, 0.1) is 23.0 Å². The van der Waals surface area contributed by atoms with Crippen LogP contribution in [0.1, 0.15) is 54.4 Å². The van der Waals surface area contributed by atoms with Gasteiger partial charge in [0.2, 0.25) is 0 Å². The molecule has 0 aromatic carbocycles. The average Bonchev–Trinajstić information content (AvgIpc) is 2.64. The van der Waals surface area contributed by atoms with Crippen molar-refractivity contribution in [2.24, 2.45) is 0 Å². The highest BCUT2D eigenvalue weighted by Gasteiger charge is 2.21. The molecule has 0 aliphatic heterocycles. The van der Waals surface area contributed by atoms with E-state index in [1.54, 1.807) is 41.5 Å². The summed E-state index contributed by atoms with van der Waals surface area (Å²) in [5.41, 5.74) is -1.16. The summed E-state index contributed by atoms with van der Waals surface area (Å²) in [5.74, 6) is 0.432. The van der Waals surface area contributed by atoms with Gasteiger partial charge in [0, 0.05) is 48.7 Å². The minimum Gasteiger partial charge on any atom is -0.444 e. The molecule has 0 saturated carbocycles. The molecule has 0 aliphatic carbocycles. The van der Waals surface area contributed by atoms with Crippen LogP contribution in [0.2, 0.25) is 0 Å². The minimum atomic E-state index is -0.845. The Morgan fingerprint density at radius 1 is 0.788 bits per heavy atom. The van der Waals surface area contributed by atoms with Crippen molar-refractivity contribution in [3.63, 3.8) is 0 Å². The van der Waals surface area contributed by atoms with Crippen molar-refractivity contribution in [3.8, 4) is 0 Å². The molecule has 9 nitrogen and oxygen atoms in total. The van der Waals surface area contributed by atoms with Gasteiger partial charge in [0.15, 0.2) is 0 Å². The number of nitrogens with one attached hydrogen (secondary N) is 2. The molecule has 0 bridgehead atoms. The quantitative estimate of drug-likeness (QED) is 0.143. The van der Waals surface area contributed by atoms with E-state index in [2.05, 4.69) is 10.6 Å². The molecule has 0 fully saturated rings. The first-order valence-corrected chi connectivity index (χ1v) is 13.3. The van der Waals surface area contributed by atoms with Crippen LogP contribution in [0, 0.1) is 0 Å². The van der Waals surface area contributed by atoms with Gasteiger partial charge in [-0.1, -0.05) is 0 Å². The van der Waals surface area contributed by atoms with Gasteiger partial charge in [0.25, 0.3) is 0 Å². The highest BCUT2D eigenvalue weighted by molar-refractivity contribution is 8.07. The van der Waals surface area contributed by atoms with E-state index in [1.165, 1.54) is 0 Å². The van der Waals surface area contributed by atoms with Gasteiger partial charge in [0.1, 0.15) is 11.2 Å². The number of halogens is 2. The number of hydrogen-bond donors (Lipinski definition) is 4. The molecule has 0 aromatic rings. The van der Waals surface area contributed by atoms with Gasteiger partial charge < -0.3 is 30.3 Å². The monoisotopic (exact) mass is 552 g/mol. The Morgan fingerprint density at radius 3 is 1.42 bits per heavy atom. The van der Waals surface area contributed by atoms with Crippen molar-refractivity contribution in [1.29, 1.82) is 0 Å². The molecule has 33 heavy (non-hydrogen) atoms. The topological polar surface area (TPSA) is 126 Å². The zero-order valence-corrected chi connectivity index (χ0v) is 23.2. The first-order chi connectivity index (χ1) is 15.1. The Morgan fingerprint density at radius 2 is 1.12 bits per heavy atom. The summed E-state index contributed by atoms with van der Waals surface area (Å²) in [6, 6.07) is 0. The van der Waals surface area contributed by atoms with Crippen LogP contribution >= 0.6 is 47.3 Å². The van der Waals surface area contributed by atoms with E-state index in [0.717, 1.165) is 24.1 Å². The van der Waals surface area contributed by atoms with Crippen LogP contribution < -0.4 is 10.6 Å². The number of ether oxygens (including phenoxy) is 2. The summed E-state index contributed by atoms with van der Waals surface area (Å²) >= 11 is 14.3. The Hall–Kier alpha value is -0.300. The zero-order chi connectivity index (χ0) is 25.7. The molecule has 0 spiro atoms. The summed E-state index contributed by atoms with van der Waals surface area (Å²) in [4.78, 5) is 23.2. The van der Waals surface area contributed by atoms with Crippen molar-refractivity contribution >= 4 is 59.5 Å². The van der Waals surface area contributed by atoms with Gasteiger partial charge in [-0.2, -0.15) is 0 Å². The average molecular weight is 554 g/mol. The molecule has 4 atom stereocenters. The number of alkyl carbamates (subject to hydrolysis) is 2. The second-order valence-corrected chi connectivity index (χ2v) is 12.0. The normalized spacial score (nSPS) is 15.8. The second-order valence-electron chi connectivity index (χ2n) is 9.24. The molecule has 0 aliphatic rings. The predicted octanol–water partition coefficient (Wildman–Crippen LogP) is 4.07. The maximum Gasteiger partial charge on any atom is 0.407 e. The fourth-order valence-electron chi connectivity index (χ4n) is 2.08. The summed E-state index contributed by atoms with van der Waals surface area (Å²) in [5, 5.41) is 24.2. The Kier molecular flexibility index (Phi) is 16.2. The third-order valence-electron chi connectivity index (χ3n) is 3.59. The third kappa shape index (κ3) is 19.7. The molecule has 4 unspecified atom stereocenters. The molecule has 0 saturated heterocycles. The van der Waals surface area contributed by atoms with E-state index in [1.807, 2.05) is 0 Å². The zero-order valence-electron chi connectivity index (χ0n) is 20.1. The maximum atomic E-state index is 11.6. The number of alkyl halides is 2. The van der Waals surface area contributed by atoms with E-state index in [4.69, 9.17) is 36.3 Å². The smallest absolute Gasteiger partial charge is 0.407 e. The lowest BCUT2D eigenvalue weighted by molar-refractivity contribution is 0.0513. The summed E-state index contributed by atoms with van der Waals surface area (Å²) < 4.78 is 15.5. The van der Waals surface area contributed by atoms with Crippen LogP contribution in [0.5, 0.6) is 0 Å². The van der Waals surface area contributed by atoms with E-state index < -0.39 is 46.4 Å². The molecule has 0 aromatic heterocycles. The minimum absolute atomic E-state index is 0.216. The van der Waals surface area contributed by atoms with E-state index in [-0.39, 0.29) is 24.6 Å². The van der Waals surface area contributed by atoms with Gasteiger partial charge in [-0.05, 0) is 54.4 Å². The van der Waals surface area contributed by atoms with E-state index >= 15 is 0 Å². The highest BCUT2D eigenvalue weighted by atomic mass is 35.5. The molecule has 0 radical (unpaired) electrons. The molecule has 2 amide bonds. The van der Waals surface area contributed by atoms with Crippen molar-refractivity contribution in [2.45, 2.75) is 88.5 Å². The van der Waals surface area contributed by atoms with Crippen molar-refractivity contribution < 1.29 is 32.9 Å². The van der Waals surface area contributed by atoms with Gasteiger partial charge in [-0.3, -0.25) is 0 Å². The molecule has 196 valence electrons. The Bertz CT molecular complexity index is 530. The number of aliphatic hydroxyl groups excluding tert-OH is 2. The number of carbonyl (C=O) groups excluding carboxylic acids is 2. The molecule has 0 rings (SSSR count). The standard InChI is InChI=1S/C20H38Cl2N2O7S2/c1-19(2,3)29-17(27)23-9-7-13(21)15(25)11-32-31-33-12-16(26)14(22)8-10-24-18(28)30-20(4,5)6/h13-16,25-26H,7-12H2,1-6H3,(H,23,27)(H,24,28). The van der Waals surface area contributed by atoms with Crippen molar-refractivity contribution in [2.75, 3.05) is 24.6 Å². The molecule has 4 N–H and O–H groups in total. The van der Waals surface area contributed by atoms with Gasteiger partial charge >= 0.3 is 12.2 Å². The Labute approximate surface area is 215 Å². The Balaban J connectivity index is 3.87. The first kappa shape index (κ1) is 32.7. The number of aliphatic hydroxyl groups is 2. The van der Waals surface area contributed by atoms with Crippen LogP contribution in [0.15, 0.2) is 0 Å². The van der Waals surface area contributed by atoms with Crippen molar-refractivity contribution in [3.05, 3.63) is 0 Å². The van der Waals surface area contributed by atoms with E-state index in [0.29, 0.717) is 12.8 Å². The SMILES string of the molecule is CC(C)(C)OC(=O)NCCC(Cl)C(O)CSOSCC(O)C(Cl)CCNC(=O)OC(C)(C)C. The number of rotatable bonds is 14. The lowest BCUT2D eigenvalue weighted by atomic mass is 10.2. The van der Waals surface area contributed by atoms with Crippen molar-refractivity contribution in [1.82, 2.24) is 10.6 Å². The fourth-order valence-corrected chi connectivity index (χ4v) is 4.14. The van der Waals surface area contributed by atoms with Crippen LogP contribution in [0.3, 0.4) is 0 Å². The number of amides is 2. The maximum absolute atomic E-state index is 11.6. The van der Waals surface area contributed by atoms with Gasteiger partial charge in [-0.25, -0.2) is 13.2 Å². The molecular formula is C20H38Cl2N2O7S2. The molecule has 13 heteroatoms. The highest BCUT2D eigenvalue weighted by Crippen LogP contribution is 2.22. The van der Waals surface area contributed by atoms with Gasteiger partial charge in [-0.15, -0.1) is 23.2 Å².